The van der Waals surface area contributed by atoms with Gasteiger partial charge < -0.3 is 31.1 Å². The smallest absolute Gasteiger partial charge is 0.407 e. The highest BCUT2D eigenvalue weighted by Crippen LogP contribution is 2.26. The van der Waals surface area contributed by atoms with Crippen molar-refractivity contribution < 1.29 is 24.2 Å². The Balaban J connectivity index is 2.05. The summed E-state index contributed by atoms with van der Waals surface area (Å²) in [7, 11) is 1.34. The normalized spacial score (nSPS) is 11.4. The number of carbonyl (C=O) groups is 3. The number of aryl methyl sites for hydroxylation is 1. The average Bonchev–Trinajstić information content (AvgIpc) is 2.88. The molecule has 1 atom stereocenters. The molecule has 1 heterocycles. The first-order valence-corrected chi connectivity index (χ1v) is 12.3. The lowest BCUT2D eigenvalue weighted by Gasteiger charge is -2.23. The molecule has 0 aliphatic carbocycles. The van der Waals surface area contributed by atoms with Crippen LogP contribution in [-0.4, -0.2) is 77.2 Å². The van der Waals surface area contributed by atoms with E-state index in [9.17, 15) is 14.4 Å². The predicted octanol–water partition coefficient (Wildman–Crippen LogP) is 2.61. The molecule has 0 saturated carbocycles. The van der Waals surface area contributed by atoms with Crippen molar-refractivity contribution in [2.75, 3.05) is 43.5 Å². The molecule has 2 rings (SSSR count). The van der Waals surface area contributed by atoms with Crippen LogP contribution in [0.2, 0.25) is 0 Å². The van der Waals surface area contributed by atoms with Crippen molar-refractivity contribution in [1.29, 1.82) is 0 Å². The van der Waals surface area contributed by atoms with Crippen molar-refractivity contribution in [2.24, 2.45) is 5.73 Å². The molecule has 0 fully saturated rings. The molecule has 12 nitrogen and oxygen atoms in total. The molecular formula is C25H37N7O5. The number of nitrogens with one attached hydrogen (secondary N) is 2. The van der Waals surface area contributed by atoms with Gasteiger partial charge in [-0.3, -0.25) is 14.5 Å². The molecule has 0 aliphatic heterocycles. The molecule has 5 N–H and O–H groups in total. The highest BCUT2D eigenvalue weighted by Gasteiger charge is 2.21. The van der Waals surface area contributed by atoms with Crippen LogP contribution in [0.25, 0.3) is 0 Å². The molecule has 0 aliphatic rings. The van der Waals surface area contributed by atoms with E-state index in [1.54, 1.807) is 18.2 Å². The van der Waals surface area contributed by atoms with Gasteiger partial charge in [0, 0.05) is 38.4 Å². The maximum atomic E-state index is 12.1. The van der Waals surface area contributed by atoms with Gasteiger partial charge in [-0.2, -0.15) is 0 Å². The fourth-order valence-corrected chi connectivity index (χ4v) is 3.50. The van der Waals surface area contributed by atoms with E-state index in [2.05, 4.69) is 20.5 Å². The number of hydrogen-bond donors (Lipinski definition) is 4. The van der Waals surface area contributed by atoms with Gasteiger partial charge in [-0.05, 0) is 45.7 Å². The average molecular weight is 516 g/mol. The van der Waals surface area contributed by atoms with Crippen LogP contribution in [-0.2, 0) is 11.2 Å². The van der Waals surface area contributed by atoms with Gasteiger partial charge in [-0.1, -0.05) is 13.0 Å². The van der Waals surface area contributed by atoms with Gasteiger partial charge in [0.25, 0.3) is 5.91 Å². The van der Waals surface area contributed by atoms with E-state index in [-0.39, 0.29) is 17.4 Å². The van der Waals surface area contributed by atoms with E-state index in [0.29, 0.717) is 48.9 Å². The van der Waals surface area contributed by atoms with Crippen LogP contribution in [0.15, 0.2) is 24.3 Å². The second-order valence-electron chi connectivity index (χ2n) is 8.30. The number of hydrogen-bond acceptors (Lipinski definition) is 8. The highest BCUT2D eigenvalue weighted by atomic mass is 16.5. The third-order valence-corrected chi connectivity index (χ3v) is 5.83. The van der Waals surface area contributed by atoms with Gasteiger partial charge in [0.1, 0.15) is 11.8 Å². The minimum atomic E-state index is -1.17. The van der Waals surface area contributed by atoms with Crippen molar-refractivity contribution in [3.8, 4) is 5.75 Å². The van der Waals surface area contributed by atoms with Crippen molar-refractivity contribution in [1.82, 2.24) is 20.2 Å². The van der Waals surface area contributed by atoms with Crippen LogP contribution in [0, 0.1) is 0 Å². The Labute approximate surface area is 217 Å². The number of ether oxygens (including phenoxy) is 1. The van der Waals surface area contributed by atoms with Crippen LogP contribution < -0.4 is 26.0 Å². The minimum Gasteiger partial charge on any atom is -0.493 e. The third-order valence-electron chi connectivity index (χ3n) is 5.83. The summed E-state index contributed by atoms with van der Waals surface area (Å²) in [6.45, 7) is 9.69. The summed E-state index contributed by atoms with van der Waals surface area (Å²) in [5.74, 6) is 0.512. The van der Waals surface area contributed by atoms with E-state index in [0.717, 1.165) is 18.0 Å². The van der Waals surface area contributed by atoms with Crippen LogP contribution >= 0.6 is 0 Å². The molecule has 37 heavy (non-hydrogen) atoms. The lowest BCUT2D eigenvalue weighted by molar-refractivity contribution is -0.124. The Morgan fingerprint density at radius 1 is 1.16 bits per heavy atom. The number of primary amides is 1. The monoisotopic (exact) mass is 515 g/mol. The van der Waals surface area contributed by atoms with Gasteiger partial charge >= 0.3 is 6.09 Å². The van der Waals surface area contributed by atoms with E-state index in [1.807, 2.05) is 26.8 Å². The number of nitrogens with two attached hydrogens (primary N) is 1. The molecular weight excluding hydrogens is 478 g/mol. The van der Waals surface area contributed by atoms with Gasteiger partial charge in [0.05, 0.1) is 12.3 Å². The first kappa shape index (κ1) is 29.1. The van der Waals surface area contributed by atoms with Crippen LogP contribution in [0.3, 0.4) is 0 Å². The summed E-state index contributed by atoms with van der Waals surface area (Å²) in [6.07, 6.45) is -0.0344. The maximum Gasteiger partial charge on any atom is 0.407 e. The fourth-order valence-electron chi connectivity index (χ4n) is 3.50. The zero-order chi connectivity index (χ0) is 27.5. The lowest BCUT2D eigenvalue weighted by Crippen LogP contribution is -2.45. The maximum absolute atomic E-state index is 12.1. The number of carbonyl (C=O) groups excluding carboxylic acids is 2. The highest BCUT2D eigenvalue weighted by molar-refractivity contribution is 5.96. The number of benzene rings is 1. The SMILES string of the molecule is CCc1nc(C(N)=O)c(Nc2cccc(OCCCNC(=O)C(C)N(C)C(=O)O)c2)nc1N(CC)CC. The van der Waals surface area contributed by atoms with E-state index in [1.165, 1.54) is 14.0 Å². The van der Waals surface area contributed by atoms with Crippen LogP contribution in [0.1, 0.15) is 50.3 Å². The number of anilines is 3. The molecule has 1 aromatic carbocycles. The summed E-state index contributed by atoms with van der Waals surface area (Å²) in [5.41, 5.74) is 7.01. The number of nitrogens with zero attached hydrogens (tertiary/aromatic N) is 4. The van der Waals surface area contributed by atoms with Gasteiger partial charge in [-0.25, -0.2) is 14.8 Å². The fraction of sp³-hybridized carbons (Fsp3) is 0.480. The Hall–Kier alpha value is -4.09. The summed E-state index contributed by atoms with van der Waals surface area (Å²) >= 11 is 0. The summed E-state index contributed by atoms with van der Waals surface area (Å²) in [6, 6.07) is 6.37. The first-order chi connectivity index (χ1) is 17.6. The van der Waals surface area contributed by atoms with Gasteiger partial charge in [0.2, 0.25) is 5.91 Å². The first-order valence-electron chi connectivity index (χ1n) is 12.3. The number of amides is 3. The zero-order valence-electron chi connectivity index (χ0n) is 22.1. The molecule has 0 saturated heterocycles. The zero-order valence-corrected chi connectivity index (χ0v) is 22.1. The molecule has 0 bridgehead atoms. The second kappa shape index (κ2) is 13.9. The van der Waals surface area contributed by atoms with E-state index < -0.39 is 18.0 Å². The summed E-state index contributed by atoms with van der Waals surface area (Å²) in [5, 5.41) is 14.8. The molecule has 3 amide bonds. The summed E-state index contributed by atoms with van der Waals surface area (Å²) < 4.78 is 5.79. The van der Waals surface area contributed by atoms with E-state index in [4.69, 9.17) is 20.6 Å². The van der Waals surface area contributed by atoms with Gasteiger partial charge in [0.15, 0.2) is 17.3 Å². The Kier molecular flexibility index (Phi) is 10.9. The van der Waals surface area contributed by atoms with Crippen LogP contribution in [0.5, 0.6) is 5.75 Å². The third kappa shape index (κ3) is 7.95. The van der Waals surface area contributed by atoms with Gasteiger partial charge in [-0.15, -0.1) is 0 Å². The van der Waals surface area contributed by atoms with Crippen LogP contribution in [0.4, 0.5) is 22.1 Å². The largest absolute Gasteiger partial charge is 0.493 e. The molecule has 202 valence electrons. The standard InChI is InChI=1S/C25H37N7O5/c1-6-19-23(32(7-2)8-3)30-22(20(29-19)21(26)33)28-17-11-9-12-18(15-17)37-14-10-13-27-24(34)16(4)31(5)25(35)36/h9,11-12,15-16H,6-8,10,13-14H2,1-5H3,(H2,26,33)(H,27,34)(H,28,30)(H,35,36). The van der Waals surface area contributed by atoms with E-state index >= 15 is 0 Å². The topological polar surface area (TPSA) is 163 Å². The second-order valence-corrected chi connectivity index (χ2v) is 8.30. The molecule has 0 spiro atoms. The minimum absolute atomic E-state index is 0.0672. The molecule has 12 heteroatoms. The van der Waals surface area contributed by atoms with Crippen molar-refractivity contribution >= 4 is 35.2 Å². The molecule has 0 radical (unpaired) electrons. The number of likely N-dealkylation sites (N-methyl/N-ethyl adjacent to an activating group) is 1. The predicted molar refractivity (Wildman–Crippen MR) is 142 cm³/mol. The lowest BCUT2D eigenvalue weighted by atomic mass is 10.2. The number of rotatable bonds is 14. The quantitative estimate of drug-likeness (QED) is 0.277. The van der Waals surface area contributed by atoms with Crippen molar-refractivity contribution in [3.63, 3.8) is 0 Å². The van der Waals surface area contributed by atoms with Crippen molar-refractivity contribution in [3.05, 3.63) is 35.7 Å². The summed E-state index contributed by atoms with van der Waals surface area (Å²) in [4.78, 5) is 47.3. The number of carboxylic acid groups (broad SMARTS) is 1. The number of aromatic nitrogens is 2. The molecule has 1 unspecified atom stereocenters. The van der Waals surface area contributed by atoms with Crippen molar-refractivity contribution in [2.45, 2.75) is 46.6 Å². The Bertz CT molecular complexity index is 1090. The Morgan fingerprint density at radius 2 is 1.86 bits per heavy atom. The molecule has 2 aromatic rings. The Morgan fingerprint density at radius 3 is 2.46 bits per heavy atom. The molecule has 1 aromatic heterocycles.